The third-order valence-electron chi connectivity index (χ3n) is 17.7. The molecule has 5 aromatic carbocycles. The van der Waals surface area contributed by atoms with Gasteiger partial charge in [0.25, 0.3) is 0 Å². The van der Waals surface area contributed by atoms with E-state index in [1.807, 2.05) is 18.2 Å². The van der Waals surface area contributed by atoms with Gasteiger partial charge in [-0.05, 0) is 235 Å². The zero-order valence-electron chi connectivity index (χ0n) is 49.2. The van der Waals surface area contributed by atoms with Crippen LogP contribution in [0, 0.1) is 24.5 Å². The van der Waals surface area contributed by atoms with Crippen molar-refractivity contribution in [3.63, 3.8) is 0 Å². The summed E-state index contributed by atoms with van der Waals surface area (Å²) in [7, 11) is 12.7. The number of primary amides is 1. The SMILES string of the molecule is CN(C)C1(Cc2ccc(Cl)cc2)CCC(C(N)=O)CC1.CN(C)C1(Cc2cccc(F)c2)CCC(NC(=O)CCC(=O)c2ccc(F)cc2)CC1.Cc1ccc(CC2(N(C)C)CCC(NC(=O)CCC(=O)c3ccc(Cl)cc3)CC2)cc1. The number of Topliss-reactive ketones (excluding diaryl/α,β-unsaturated/α-hetero) is 2. The van der Waals surface area contributed by atoms with Gasteiger partial charge in [0.1, 0.15) is 11.6 Å². The van der Waals surface area contributed by atoms with Crippen molar-refractivity contribution in [2.45, 2.75) is 158 Å². The fourth-order valence-corrected chi connectivity index (χ4v) is 12.3. The van der Waals surface area contributed by atoms with Gasteiger partial charge in [-0.1, -0.05) is 77.3 Å². The van der Waals surface area contributed by atoms with Crippen LogP contribution in [0.4, 0.5) is 8.78 Å². The Morgan fingerprint density at radius 2 is 0.854 bits per heavy atom. The Kier molecular flexibility index (Phi) is 24.4. The Morgan fingerprint density at radius 1 is 0.488 bits per heavy atom. The highest BCUT2D eigenvalue weighted by Gasteiger charge is 2.40. The number of aryl methyl sites for hydroxylation is 1. The molecule has 4 N–H and O–H groups in total. The average Bonchev–Trinajstić information content (AvgIpc) is 3.63. The van der Waals surface area contributed by atoms with Crippen LogP contribution in [0.2, 0.25) is 10.0 Å². The lowest BCUT2D eigenvalue weighted by Crippen LogP contribution is -2.52. The van der Waals surface area contributed by atoms with Gasteiger partial charge in [0.05, 0.1) is 0 Å². The van der Waals surface area contributed by atoms with Gasteiger partial charge in [-0.3, -0.25) is 24.0 Å². The summed E-state index contributed by atoms with van der Waals surface area (Å²) >= 11 is 11.8. The van der Waals surface area contributed by atoms with Crippen LogP contribution < -0.4 is 16.4 Å². The molecule has 3 aliphatic carbocycles. The number of likely N-dealkylation sites (N-methyl/N-ethyl adjacent to an activating group) is 3. The minimum Gasteiger partial charge on any atom is -0.369 e. The number of nitrogens with two attached hydrogens (primary N) is 1. The first-order chi connectivity index (χ1) is 39.0. The lowest BCUT2D eigenvalue weighted by atomic mass is 9.72. The van der Waals surface area contributed by atoms with Crippen molar-refractivity contribution in [3.05, 3.63) is 176 Å². The highest BCUT2D eigenvalue weighted by Crippen LogP contribution is 2.39. The topological polar surface area (TPSA) is 145 Å². The van der Waals surface area contributed by atoms with Crippen LogP contribution in [0.3, 0.4) is 0 Å². The molecule has 5 aromatic rings. The Bertz CT molecular complexity index is 2860. The molecule has 11 nitrogen and oxygen atoms in total. The van der Waals surface area contributed by atoms with E-state index in [0.29, 0.717) is 16.1 Å². The molecule has 442 valence electrons. The van der Waals surface area contributed by atoms with E-state index in [1.54, 1.807) is 36.4 Å². The van der Waals surface area contributed by atoms with E-state index < -0.39 is 5.82 Å². The molecule has 0 saturated heterocycles. The fourth-order valence-electron chi connectivity index (χ4n) is 12.1. The molecule has 3 amide bonds. The summed E-state index contributed by atoms with van der Waals surface area (Å²) in [5, 5.41) is 7.58. The first kappa shape index (κ1) is 65.3. The predicted molar refractivity (Wildman–Crippen MR) is 326 cm³/mol. The van der Waals surface area contributed by atoms with Crippen molar-refractivity contribution in [1.29, 1.82) is 0 Å². The summed E-state index contributed by atoms with van der Waals surface area (Å²) in [6, 6.07) is 36.1. The van der Waals surface area contributed by atoms with E-state index in [-0.39, 0.29) is 95.4 Å². The summed E-state index contributed by atoms with van der Waals surface area (Å²) in [6.07, 6.45) is 14.7. The molecule has 82 heavy (non-hydrogen) atoms. The molecule has 0 aliphatic heterocycles. The van der Waals surface area contributed by atoms with E-state index >= 15 is 0 Å². The number of amides is 3. The van der Waals surface area contributed by atoms with Crippen LogP contribution in [-0.4, -0.2) is 115 Å². The minimum absolute atomic E-state index is 0.0276. The number of nitrogens with zero attached hydrogens (tertiary/aromatic N) is 3. The molecule has 0 heterocycles. The Balaban J connectivity index is 0.000000203. The average molecular weight is 1160 g/mol. The van der Waals surface area contributed by atoms with Crippen molar-refractivity contribution in [2.24, 2.45) is 11.7 Å². The van der Waals surface area contributed by atoms with Crippen molar-refractivity contribution in [1.82, 2.24) is 25.3 Å². The van der Waals surface area contributed by atoms with Gasteiger partial charge in [0, 0.05) is 81.5 Å². The number of benzene rings is 5. The second-order valence-corrected chi connectivity index (χ2v) is 24.7. The van der Waals surface area contributed by atoms with Crippen LogP contribution in [0.15, 0.2) is 121 Å². The van der Waals surface area contributed by atoms with Gasteiger partial charge < -0.3 is 31.1 Å². The number of carbonyl (C=O) groups is 5. The van der Waals surface area contributed by atoms with Gasteiger partial charge in [0.15, 0.2) is 11.6 Å². The second-order valence-electron chi connectivity index (χ2n) is 23.8. The van der Waals surface area contributed by atoms with Crippen LogP contribution in [0.1, 0.15) is 146 Å². The quantitative estimate of drug-likeness (QED) is 0.0653. The van der Waals surface area contributed by atoms with Gasteiger partial charge in [-0.15, -0.1) is 0 Å². The summed E-state index contributed by atoms with van der Waals surface area (Å²) in [6.45, 7) is 2.11. The van der Waals surface area contributed by atoms with E-state index in [2.05, 4.69) is 111 Å². The van der Waals surface area contributed by atoms with Crippen molar-refractivity contribution >= 4 is 52.5 Å². The predicted octanol–water partition coefficient (Wildman–Crippen LogP) is 12.6. The molecule has 3 aliphatic rings. The monoisotopic (exact) mass is 1160 g/mol. The normalized spacial score (nSPS) is 22.5. The molecule has 0 spiro atoms. The first-order valence-electron chi connectivity index (χ1n) is 29.0. The zero-order chi connectivity index (χ0) is 59.6. The molecule has 0 atom stereocenters. The maximum atomic E-state index is 13.6. The first-order valence-corrected chi connectivity index (χ1v) is 29.8. The van der Waals surface area contributed by atoms with Crippen LogP contribution in [0.5, 0.6) is 0 Å². The highest BCUT2D eigenvalue weighted by molar-refractivity contribution is 6.30. The number of rotatable bonds is 20. The standard InChI is InChI=1S/C26H33ClN2O2.C25H30F2N2O2.C16H23ClN2O/c1-19-4-6-20(7-5-19)18-26(29(2)3)16-14-23(15-17-26)28-25(31)13-12-24(30)21-8-10-22(27)11-9-21;1-29(2)25(17-18-4-3-5-21(27)16-18)14-12-22(13-15-25)28-24(31)11-10-23(30)19-6-8-20(26)9-7-19;1-19(2)16(9-7-13(8-10-16)15(18)20)11-12-3-5-14(17)6-4-12/h4-11,23H,12-18H2,1-3H3,(H,28,31);3-9,16,22H,10-15,17H2,1-2H3,(H,28,31);3-6,13H,7-11H2,1-2H3,(H2,18,20). The van der Waals surface area contributed by atoms with Crippen LogP contribution in [-0.2, 0) is 33.6 Å². The molecular formula is C67H86Cl2F2N6O5. The highest BCUT2D eigenvalue weighted by atomic mass is 35.5. The van der Waals surface area contributed by atoms with Crippen LogP contribution >= 0.6 is 23.2 Å². The summed E-state index contributed by atoms with van der Waals surface area (Å²) in [5.41, 5.74) is 11.6. The van der Waals surface area contributed by atoms with Crippen molar-refractivity contribution in [2.75, 3.05) is 42.3 Å². The third kappa shape index (κ3) is 19.4. The van der Waals surface area contributed by atoms with Gasteiger partial charge in [0.2, 0.25) is 17.7 Å². The van der Waals surface area contributed by atoms with Gasteiger partial charge in [-0.25, -0.2) is 8.78 Å². The number of halogens is 4. The van der Waals surface area contributed by atoms with E-state index in [0.717, 1.165) is 107 Å². The zero-order valence-corrected chi connectivity index (χ0v) is 50.7. The third-order valence-corrected chi connectivity index (χ3v) is 18.2. The number of ketones is 2. The fraction of sp³-hybridized carbons (Fsp3) is 0.478. The van der Waals surface area contributed by atoms with Crippen molar-refractivity contribution in [3.8, 4) is 0 Å². The molecule has 15 heteroatoms. The van der Waals surface area contributed by atoms with E-state index in [4.69, 9.17) is 28.9 Å². The summed E-state index contributed by atoms with van der Waals surface area (Å²) in [5.74, 6) is -1.08. The maximum absolute atomic E-state index is 13.6. The summed E-state index contributed by atoms with van der Waals surface area (Å²) < 4.78 is 26.6. The van der Waals surface area contributed by atoms with E-state index in [9.17, 15) is 32.8 Å². The Labute approximate surface area is 496 Å². The minimum atomic E-state index is -0.391. The van der Waals surface area contributed by atoms with Gasteiger partial charge in [-0.2, -0.15) is 0 Å². The Hall–Kier alpha value is -5.83. The second kappa shape index (κ2) is 30.6. The smallest absolute Gasteiger partial charge is 0.220 e. The lowest BCUT2D eigenvalue weighted by molar-refractivity contribution is -0.124. The number of carbonyl (C=O) groups excluding carboxylic acids is 5. The number of hydrogen-bond donors (Lipinski definition) is 3. The Morgan fingerprint density at radius 3 is 1.24 bits per heavy atom. The number of nitrogens with one attached hydrogen (secondary N) is 2. The van der Waals surface area contributed by atoms with E-state index in [1.165, 1.54) is 47.0 Å². The van der Waals surface area contributed by atoms with Gasteiger partial charge >= 0.3 is 0 Å². The number of hydrogen-bond acceptors (Lipinski definition) is 8. The molecule has 0 radical (unpaired) electrons. The van der Waals surface area contributed by atoms with Crippen LogP contribution in [0.25, 0.3) is 0 Å². The lowest BCUT2D eigenvalue weighted by Gasteiger charge is -2.45. The molecule has 3 fully saturated rings. The largest absolute Gasteiger partial charge is 0.369 e. The molecule has 3 saturated carbocycles. The summed E-state index contributed by atoms with van der Waals surface area (Å²) in [4.78, 5) is 67.4. The molecular weight excluding hydrogens is 1080 g/mol. The molecule has 8 rings (SSSR count). The maximum Gasteiger partial charge on any atom is 0.220 e. The van der Waals surface area contributed by atoms with Crippen molar-refractivity contribution < 1.29 is 32.8 Å². The molecule has 0 unspecified atom stereocenters. The molecule has 0 aromatic heterocycles. The molecule has 0 bridgehead atoms.